The zero-order valence-electron chi connectivity index (χ0n) is 13.3. The topological polar surface area (TPSA) is 47.3 Å². The number of hydrogen-bond donors (Lipinski definition) is 1. The van der Waals surface area contributed by atoms with Crippen molar-refractivity contribution in [3.63, 3.8) is 0 Å². The van der Waals surface area contributed by atoms with Crippen LogP contribution in [-0.2, 0) is 17.7 Å². The van der Waals surface area contributed by atoms with Crippen LogP contribution in [0.4, 0.5) is 0 Å². The first-order valence-corrected chi connectivity index (χ1v) is 8.80. The van der Waals surface area contributed by atoms with Crippen molar-refractivity contribution < 1.29 is 9.84 Å². The standard InChI is InChI=1S/C16H27BrN2O2/c1-4-19-13(15(17)11(2)18-19)10-14(20)16(21-3)12-8-6-5-7-9-12/h12,14,16,20H,4-10H2,1-3H3. The smallest absolute Gasteiger partial charge is 0.0862 e. The molecule has 21 heavy (non-hydrogen) atoms. The van der Waals surface area contributed by atoms with Gasteiger partial charge in [-0.3, -0.25) is 4.68 Å². The molecule has 120 valence electrons. The van der Waals surface area contributed by atoms with Gasteiger partial charge in [0, 0.05) is 20.1 Å². The number of aliphatic hydroxyl groups excluding tert-OH is 1. The third kappa shape index (κ3) is 3.88. The summed E-state index contributed by atoms with van der Waals surface area (Å²) < 4.78 is 8.63. The summed E-state index contributed by atoms with van der Waals surface area (Å²) in [5.74, 6) is 0.483. The van der Waals surface area contributed by atoms with Gasteiger partial charge in [-0.25, -0.2) is 0 Å². The molecule has 1 aromatic heterocycles. The molecular weight excluding hydrogens is 332 g/mol. The Kier molecular flexibility index (Phi) is 6.26. The van der Waals surface area contributed by atoms with Crippen molar-refractivity contribution in [2.75, 3.05) is 7.11 Å². The second-order valence-corrected chi connectivity index (χ2v) is 6.82. The number of aryl methyl sites for hydroxylation is 2. The summed E-state index contributed by atoms with van der Waals surface area (Å²) in [4.78, 5) is 0. The summed E-state index contributed by atoms with van der Waals surface area (Å²) in [5, 5.41) is 15.2. The highest BCUT2D eigenvalue weighted by molar-refractivity contribution is 9.10. The molecule has 2 atom stereocenters. The molecule has 1 aromatic rings. The largest absolute Gasteiger partial charge is 0.390 e. The monoisotopic (exact) mass is 358 g/mol. The quantitative estimate of drug-likeness (QED) is 0.846. The lowest BCUT2D eigenvalue weighted by Gasteiger charge is -2.32. The van der Waals surface area contributed by atoms with Crippen molar-refractivity contribution >= 4 is 15.9 Å². The Labute approximate surface area is 136 Å². The molecule has 4 nitrogen and oxygen atoms in total. The van der Waals surface area contributed by atoms with Crippen molar-refractivity contribution in [1.29, 1.82) is 0 Å². The van der Waals surface area contributed by atoms with Crippen LogP contribution >= 0.6 is 15.9 Å². The van der Waals surface area contributed by atoms with E-state index in [2.05, 4.69) is 28.0 Å². The molecule has 0 spiro atoms. The van der Waals surface area contributed by atoms with Gasteiger partial charge >= 0.3 is 0 Å². The number of aromatic nitrogens is 2. The minimum absolute atomic E-state index is 0.0716. The SMILES string of the molecule is CCn1nc(C)c(Br)c1CC(O)C(OC)C1CCCCC1. The maximum Gasteiger partial charge on any atom is 0.0862 e. The van der Waals surface area contributed by atoms with Gasteiger partial charge in [-0.15, -0.1) is 0 Å². The van der Waals surface area contributed by atoms with Gasteiger partial charge in [0.25, 0.3) is 0 Å². The van der Waals surface area contributed by atoms with E-state index in [1.807, 2.05) is 11.6 Å². The van der Waals surface area contributed by atoms with Crippen LogP contribution < -0.4 is 0 Å². The predicted octanol–water partition coefficient (Wildman–Crippen LogP) is 3.47. The summed E-state index contributed by atoms with van der Waals surface area (Å²) >= 11 is 3.60. The maximum absolute atomic E-state index is 10.7. The highest BCUT2D eigenvalue weighted by Crippen LogP contribution is 2.31. The number of halogens is 1. The van der Waals surface area contributed by atoms with Crippen LogP contribution in [0, 0.1) is 12.8 Å². The number of nitrogens with zero attached hydrogens (tertiary/aromatic N) is 2. The van der Waals surface area contributed by atoms with Gasteiger partial charge in [0.2, 0.25) is 0 Å². The van der Waals surface area contributed by atoms with Crippen molar-refractivity contribution in [1.82, 2.24) is 9.78 Å². The highest BCUT2D eigenvalue weighted by Gasteiger charge is 2.31. The Bertz CT molecular complexity index is 455. The predicted molar refractivity (Wildman–Crippen MR) is 87.4 cm³/mol. The summed E-state index contributed by atoms with van der Waals surface area (Å²) in [6.07, 6.45) is 6.21. The number of ether oxygens (including phenoxy) is 1. The summed E-state index contributed by atoms with van der Waals surface area (Å²) in [6, 6.07) is 0. The van der Waals surface area contributed by atoms with Crippen molar-refractivity contribution in [3.05, 3.63) is 15.9 Å². The molecule has 0 saturated heterocycles. The molecule has 5 heteroatoms. The normalized spacial score (nSPS) is 19.7. The average Bonchev–Trinajstić information content (AvgIpc) is 2.77. The zero-order valence-corrected chi connectivity index (χ0v) is 14.9. The minimum Gasteiger partial charge on any atom is -0.390 e. The summed E-state index contributed by atoms with van der Waals surface area (Å²) in [7, 11) is 1.72. The fourth-order valence-electron chi connectivity index (χ4n) is 3.50. The first kappa shape index (κ1) is 17.0. The molecule has 0 radical (unpaired) electrons. The Morgan fingerprint density at radius 1 is 1.38 bits per heavy atom. The first-order valence-electron chi connectivity index (χ1n) is 8.01. The molecule has 1 aliphatic rings. The van der Waals surface area contributed by atoms with E-state index in [1.54, 1.807) is 7.11 Å². The van der Waals surface area contributed by atoms with Crippen molar-refractivity contribution in [2.24, 2.45) is 5.92 Å². The van der Waals surface area contributed by atoms with E-state index >= 15 is 0 Å². The average molecular weight is 359 g/mol. The summed E-state index contributed by atoms with van der Waals surface area (Å²) in [6.45, 7) is 4.88. The Balaban J connectivity index is 2.10. The van der Waals surface area contributed by atoms with Gasteiger partial charge in [0.15, 0.2) is 0 Å². The molecule has 1 fully saturated rings. The van der Waals surface area contributed by atoms with Gasteiger partial charge in [-0.05, 0) is 48.5 Å². The highest BCUT2D eigenvalue weighted by atomic mass is 79.9. The van der Waals surface area contributed by atoms with E-state index in [0.29, 0.717) is 12.3 Å². The lowest BCUT2D eigenvalue weighted by atomic mass is 9.82. The van der Waals surface area contributed by atoms with E-state index < -0.39 is 6.10 Å². The second-order valence-electron chi connectivity index (χ2n) is 6.03. The molecule has 0 bridgehead atoms. The van der Waals surface area contributed by atoms with Gasteiger partial charge in [-0.1, -0.05) is 19.3 Å². The number of hydrogen-bond acceptors (Lipinski definition) is 3. The molecule has 1 heterocycles. The second kappa shape index (κ2) is 7.75. The van der Waals surface area contributed by atoms with Crippen molar-refractivity contribution in [3.8, 4) is 0 Å². The van der Waals surface area contributed by atoms with Crippen LogP contribution in [-0.4, -0.2) is 34.2 Å². The van der Waals surface area contributed by atoms with Crippen LogP contribution in [0.2, 0.25) is 0 Å². The molecule has 1 saturated carbocycles. The Morgan fingerprint density at radius 3 is 2.62 bits per heavy atom. The molecule has 2 unspecified atom stereocenters. The van der Waals surface area contributed by atoms with E-state index in [0.717, 1.165) is 22.4 Å². The molecule has 0 amide bonds. The molecule has 2 rings (SSSR count). The fourth-order valence-corrected chi connectivity index (χ4v) is 3.95. The van der Waals surface area contributed by atoms with E-state index in [9.17, 15) is 5.11 Å². The number of methoxy groups -OCH3 is 1. The van der Waals surface area contributed by atoms with Crippen LogP contribution in [0.25, 0.3) is 0 Å². The fraction of sp³-hybridized carbons (Fsp3) is 0.812. The molecule has 0 aromatic carbocycles. The van der Waals surface area contributed by atoms with Crippen LogP contribution in [0.15, 0.2) is 4.47 Å². The molecule has 1 N–H and O–H groups in total. The first-order chi connectivity index (χ1) is 10.1. The third-order valence-corrected chi connectivity index (χ3v) is 5.65. The van der Waals surface area contributed by atoms with Gasteiger partial charge in [0.05, 0.1) is 28.1 Å². The third-order valence-electron chi connectivity index (χ3n) is 4.62. The zero-order chi connectivity index (χ0) is 15.4. The number of aliphatic hydroxyl groups is 1. The van der Waals surface area contributed by atoms with Crippen LogP contribution in [0.5, 0.6) is 0 Å². The van der Waals surface area contributed by atoms with E-state index in [1.165, 1.54) is 32.1 Å². The van der Waals surface area contributed by atoms with Crippen LogP contribution in [0.1, 0.15) is 50.4 Å². The molecule has 0 aliphatic heterocycles. The molecule has 1 aliphatic carbocycles. The van der Waals surface area contributed by atoms with E-state index in [-0.39, 0.29) is 6.10 Å². The van der Waals surface area contributed by atoms with Gasteiger partial charge in [-0.2, -0.15) is 5.10 Å². The lowest BCUT2D eigenvalue weighted by molar-refractivity contribution is -0.0542. The van der Waals surface area contributed by atoms with E-state index in [4.69, 9.17) is 4.74 Å². The minimum atomic E-state index is -0.476. The van der Waals surface area contributed by atoms with Crippen LogP contribution in [0.3, 0.4) is 0 Å². The van der Waals surface area contributed by atoms with Crippen molar-refractivity contribution in [2.45, 2.75) is 71.1 Å². The lowest BCUT2D eigenvalue weighted by Crippen LogP contribution is -2.38. The maximum atomic E-state index is 10.7. The van der Waals surface area contributed by atoms with Gasteiger partial charge < -0.3 is 9.84 Å². The number of rotatable bonds is 6. The Hall–Kier alpha value is -0.390. The van der Waals surface area contributed by atoms with Gasteiger partial charge in [0.1, 0.15) is 0 Å². The summed E-state index contributed by atoms with van der Waals surface area (Å²) in [5.41, 5.74) is 2.05. The molecular formula is C16H27BrN2O2. The Morgan fingerprint density at radius 2 is 2.05 bits per heavy atom.